The molecule has 0 atom stereocenters. The van der Waals surface area contributed by atoms with Crippen LogP contribution >= 0.6 is 11.6 Å². The summed E-state index contributed by atoms with van der Waals surface area (Å²) in [4.78, 5) is 34.4. The molecule has 9 nitrogen and oxygen atoms in total. The van der Waals surface area contributed by atoms with Gasteiger partial charge in [0.2, 0.25) is 6.79 Å². The molecule has 10 heteroatoms. The SMILES string of the molecule is O=C(COC(=O)c1cc2c(cc1[N+](=O)[O-])OCO2)Nc1cccc(Cl)c1. The van der Waals surface area contributed by atoms with Crippen LogP contribution in [0.25, 0.3) is 0 Å². The third kappa shape index (κ3) is 3.83. The average molecular weight is 379 g/mol. The maximum absolute atomic E-state index is 12.2. The molecule has 1 N–H and O–H groups in total. The summed E-state index contributed by atoms with van der Waals surface area (Å²) in [6.45, 7) is -0.732. The molecule has 1 aliphatic rings. The van der Waals surface area contributed by atoms with Crippen molar-refractivity contribution in [2.45, 2.75) is 0 Å². The quantitative estimate of drug-likeness (QED) is 0.483. The van der Waals surface area contributed by atoms with Crippen LogP contribution in [0, 0.1) is 10.1 Å². The maximum Gasteiger partial charge on any atom is 0.345 e. The van der Waals surface area contributed by atoms with Gasteiger partial charge in [0, 0.05) is 16.8 Å². The van der Waals surface area contributed by atoms with Crippen molar-refractivity contribution >= 4 is 34.9 Å². The fourth-order valence-corrected chi connectivity index (χ4v) is 2.41. The maximum atomic E-state index is 12.2. The molecule has 1 heterocycles. The first-order chi connectivity index (χ1) is 12.4. The number of amides is 1. The first-order valence-electron chi connectivity index (χ1n) is 7.24. The highest BCUT2D eigenvalue weighted by Gasteiger charge is 2.28. The highest BCUT2D eigenvalue weighted by molar-refractivity contribution is 6.30. The molecule has 0 aliphatic carbocycles. The fraction of sp³-hybridized carbons (Fsp3) is 0.125. The van der Waals surface area contributed by atoms with Crippen molar-refractivity contribution in [2.24, 2.45) is 0 Å². The van der Waals surface area contributed by atoms with E-state index in [2.05, 4.69) is 5.32 Å². The molecule has 0 saturated heterocycles. The summed E-state index contributed by atoms with van der Waals surface area (Å²) < 4.78 is 15.0. The van der Waals surface area contributed by atoms with E-state index in [1.165, 1.54) is 6.07 Å². The number of nitrogens with zero attached hydrogens (tertiary/aromatic N) is 1. The predicted molar refractivity (Wildman–Crippen MR) is 89.6 cm³/mol. The number of carbonyl (C=O) groups is 2. The van der Waals surface area contributed by atoms with Gasteiger partial charge in [0.1, 0.15) is 5.56 Å². The number of fused-ring (bicyclic) bond motifs is 1. The molecule has 0 spiro atoms. The Labute approximate surface area is 151 Å². The highest BCUT2D eigenvalue weighted by atomic mass is 35.5. The fourth-order valence-electron chi connectivity index (χ4n) is 2.22. The van der Waals surface area contributed by atoms with E-state index in [1.54, 1.807) is 18.2 Å². The minimum atomic E-state index is -1.03. The molecule has 0 fully saturated rings. The Morgan fingerprint density at radius 3 is 2.65 bits per heavy atom. The largest absolute Gasteiger partial charge is 0.454 e. The predicted octanol–water partition coefficient (Wildman–Crippen LogP) is 2.77. The number of esters is 1. The van der Waals surface area contributed by atoms with E-state index in [4.69, 9.17) is 25.8 Å². The number of hydrogen-bond donors (Lipinski definition) is 1. The zero-order valence-corrected chi connectivity index (χ0v) is 13.8. The van der Waals surface area contributed by atoms with Crippen LogP contribution < -0.4 is 14.8 Å². The smallest absolute Gasteiger partial charge is 0.345 e. The molecule has 0 unspecified atom stereocenters. The molecule has 1 aliphatic heterocycles. The monoisotopic (exact) mass is 378 g/mol. The first-order valence-corrected chi connectivity index (χ1v) is 7.62. The Hall–Kier alpha value is -3.33. The molecule has 2 aromatic carbocycles. The number of nitrogens with one attached hydrogen (secondary N) is 1. The molecule has 0 bridgehead atoms. The van der Waals surface area contributed by atoms with Crippen LogP contribution in [0.5, 0.6) is 11.5 Å². The van der Waals surface area contributed by atoms with E-state index in [-0.39, 0.29) is 23.9 Å². The van der Waals surface area contributed by atoms with Crippen molar-refractivity contribution in [3.05, 3.63) is 57.1 Å². The van der Waals surface area contributed by atoms with Gasteiger partial charge in [-0.05, 0) is 18.2 Å². The van der Waals surface area contributed by atoms with Crippen molar-refractivity contribution in [1.29, 1.82) is 0 Å². The van der Waals surface area contributed by atoms with Crippen LogP contribution in [0.3, 0.4) is 0 Å². The summed E-state index contributed by atoms with van der Waals surface area (Å²) in [6.07, 6.45) is 0. The molecule has 26 heavy (non-hydrogen) atoms. The lowest BCUT2D eigenvalue weighted by Gasteiger charge is -2.08. The van der Waals surface area contributed by atoms with Gasteiger partial charge in [0.25, 0.3) is 11.6 Å². The van der Waals surface area contributed by atoms with Crippen LogP contribution in [0.15, 0.2) is 36.4 Å². The Morgan fingerprint density at radius 2 is 1.96 bits per heavy atom. The second-order valence-corrected chi connectivity index (χ2v) is 5.55. The molecule has 1 amide bonds. The summed E-state index contributed by atoms with van der Waals surface area (Å²) in [5, 5.41) is 14.1. The van der Waals surface area contributed by atoms with Crippen molar-refractivity contribution < 1.29 is 28.7 Å². The average Bonchev–Trinajstić information content (AvgIpc) is 3.06. The molecule has 0 aromatic heterocycles. The molecular formula is C16H11ClN2O7. The lowest BCUT2D eigenvalue weighted by Crippen LogP contribution is -2.21. The van der Waals surface area contributed by atoms with Crippen molar-refractivity contribution in [2.75, 3.05) is 18.7 Å². The number of halogens is 1. The summed E-state index contributed by atoms with van der Waals surface area (Å²) in [7, 11) is 0. The molecule has 3 rings (SSSR count). The summed E-state index contributed by atoms with van der Waals surface area (Å²) in [5.74, 6) is -1.31. The van der Waals surface area contributed by atoms with Gasteiger partial charge in [-0.25, -0.2) is 4.79 Å². The van der Waals surface area contributed by atoms with Gasteiger partial charge in [0.15, 0.2) is 18.1 Å². The Kier molecular flexibility index (Phi) is 4.90. The molecule has 2 aromatic rings. The number of benzene rings is 2. The van der Waals surface area contributed by atoms with E-state index < -0.39 is 29.1 Å². The van der Waals surface area contributed by atoms with Crippen LogP contribution in [-0.2, 0) is 9.53 Å². The lowest BCUT2D eigenvalue weighted by molar-refractivity contribution is -0.385. The molecule has 0 saturated carbocycles. The molecule has 0 radical (unpaired) electrons. The standard InChI is InChI=1S/C16H11ClN2O7/c17-9-2-1-3-10(4-9)18-15(20)7-24-16(21)11-5-13-14(26-8-25-13)6-12(11)19(22)23/h1-6H,7-8H2,(H,18,20). The van der Waals surface area contributed by atoms with Gasteiger partial charge in [-0.1, -0.05) is 17.7 Å². The van der Waals surface area contributed by atoms with Crippen LogP contribution in [0.4, 0.5) is 11.4 Å². The second-order valence-electron chi connectivity index (χ2n) is 5.11. The first kappa shape index (κ1) is 17.5. The Morgan fingerprint density at radius 1 is 1.23 bits per heavy atom. The third-order valence-corrected chi connectivity index (χ3v) is 3.59. The zero-order valence-electron chi connectivity index (χ0n) is 13.1. The Bertz CT molecular complexity index is 900. The minimum Gasteiger partial charge on any atom is -0.454 e. The van der Waals surface area contributed by atoms with E-state index >= 15 is 0 Å². The number of hydrogen-bond acceptors (Lipinski definition) is 7. The number of ether oxygens (including phenoxy) is 3. The van der Waals surface area contributed by atoms with E-state index in [0.29, 0.717) is 10.7 Å². The topological polar surface area (TPSA) is 117 Å². The summed E-state index contributed by atoms with van der Waals surface area (Å²) in [6, 6.07) is 8.62. The van der Waals surface area contributed by atoms with Crippen LogP contribution in [0.1, 0.15) is 10.4 Å². The van der Waals surface area contributed by atoms with Gasteiger partial charge < -0.3 is 19.5 Å². The summed E-state index contributed by atoms with van der Waals surface area (Å²) >= 11 is 5.81. The summed E-state index contributed by atoms with van der Waals surface area (Å²) in [5.41, 5.74) is -0.420. The second kappa shape index (κ2) is 7.28. The van der Waals surface area contributed by atoms with Crippen molar-refractivity contribution in [1.82, 2.24) is 0 Å². The molecule has 134 valence electrons. The van der Waals surface area contributed by atoms with Crippen LogP contribution in [-0.4, -0.2) is 30.2 Å². The highest BCUT2D eigenvalue weighted by Crippen LogP contribution is 2.38. The number of rotatable bonds is 5. The van der Waals surface area contributed by atoms with Crippen LogP contribution in [0.2, 0.25) is 5.02 Å². The van der Waals surface area contributed by atoms with E-state index in [0.717, 1.165) is 12.1 Å². The minimum absolute atomic E-state index is 0.104. The normalized spacial score (nSPS) is 11.7. The van der Waals surface area contributed by atoms with Gasteiger partial charge in [-0.2, -0.15) is 0 Å². The number of nitro benzene ring substituents is 1. The van der Waals surface area contributed by atoms with Gasteiger partial charge in [-0.3, -0.25) is 14.9 Å². The van der Waals surface area contributed by atoms with Crippen molar-refractivity contribution in [3.63, 3.8) is 0 Å². The zero-order chi connectivity index (χ0) is 18.7. The Balaban J connectivity index is 1.68. The van der Waals surface area contributed by atoms with Crippen molar-refractivity contribution in [3.8, 4) is 11.5 Å². The van der Waals surface area contributed by atoms with E-state index in [1.807, 2.05) is 0 Å². The lowest BCUT2D eigenvalue weighted by atomic mass is 10.1. The van der Waals surface area contributed by atoms with Gasteiger partial charge >= 0.3 is 5.97 Å². The van der Waals surface area contributed by atoms with E-state index in [9.17, 15) is 19.7 Å². The third-order valence-electron chi connectivity index (χ3n) is 3.35. The number of carbonyl (C=O) groups excluding carboxylic acids is 2. The number of nitro groups is 1. The van der Waals surface area contributed by atoms with Gasteiger partial charge in [-0.15, -0.1) is 0 Å². The molecular weight excluding hydrogens is 368 g/mol. The van der Waals surface area contributed by atoms with Gasteiger partial charge in [0.05, 0.1) is 11.0 Å². The number of anilines is 1.